The quantitative estimate of drug-likeness (QED) is 0.154. The fourth-order valence-corrected chi connectivity index (χ4v) is 4.88. The first-order valence-electron chi connectivity index (χ1n) is 12.4. The van der Waals surface area contributed by atoms with E-state index in [4.69, 9.17) is 5.73 Å². The second-order valence-corrected chi connectivity index (χ2v) is 10.5. The number of H-pyrrole nitrogens is 2. The van der Waals surface area contributed by atoms with E-state index in [0.29, 0.717) is 11.1 Å². The van der Waals surface area contributed by atoms with Crippen molar-refractivity contribution in [3.63, 3.8) is 0 Å². The molecule has 1 unspecified atom stereocenters. The Hall–Kier alpha value is -4.31. The number of phenolic OH excluding ortho intramolecular Hbond substituents is 1. The monoisotopic (exact) mass is 555 g/mol. The Kier molecular flexibility index (Phi) is 7.67. The van der Waals surface area contributed by atoms with Crippen LogP contribution in [0.4, 0.5) is 17.6 Å². The minimum absolute atomic E-state index is 0.00632. The van der Waals surface area contributed by atoms with Crippen LogP contribution in [-0.2, 0) is 11.8 Å². The van der Waals surface area contributed by atoms with Crippen LogP contribution < -0.4 is 5.73 Å². The molecule has 6 nitrogen and oxygen atoms in total. The number of rotatable bonds is 6. The molecule has 0 aliphatic heterocycles. The molecular formula is C30H29F4N3O3. The highest BCUT2D eigenvalue weighted by atomic mass is 19.4. The number of alkyl halides is 3. The van der Waals surface area contributed by atoms with Gasteiger partial charge in [0.05, 0.1) is 0 Å². The normalized spacial score (nSPS) is 13.6. The zero-order valence-electron chi connectivity index (χ0n) is 21.8. The Morgan fingerprint density at radius 2 is 1.65 bits per heavy atom. The van der Waals surface area contributed by atoms with Gasteiger partial charge in [0, 0.05) is 40.5 Å². The minimum Gasteiger partial charge on any atom is -0.508 e. The molecular weight excluding hydrogens is 526 g/mol. The van der Waals surface area contributed by atoms with Crippen molar-refractivity contribution in [1.82, 2.24) is 9.97 Å². The molecule has 1 amide bonds. The first-order valence-corrected chi connectivity index (χ1v) is 12.4. The Bertz CT molecular complexity index is 1620. The second kappa shape index (κ2) is 10.7. The predicted octanol–water partition coefficient (Wildman–Crippen LogP) is 6.48. The molecule has 0 aliphatic rings. The summed E-state index contributed by atoms with van der Waals surface area (Å²) in [5.74, 6) is -1.39. The van der Waals surface area contributed by atoms with Gasteiger partial charge in [-0.05, 0) is 71.1 Å². The molecule has 210 valence electrons. The minimum atomic E-state index is -4.93. The second-order valence-electron chi connectivity index (χ2n) is 10.5. The Labute approximate surface area is 227 Å². The Morgan fingerprint density at radius 1 is 0.925 bits per heavy atom. The summed E-state index contributed by atoms with van der Waals surface area (Å²) < 4.78 is 55.2. The van der Waals surface area contributed by atoms with Gasteiger partial charge in [-0.1, -0.05) is 38.1 Å². The molecule has 0 saturated carbocycles. The highest BCUT2D eigenvalue weighted by molar-refractivity contribution is 5.96. The van der Waals surface area contributed by atoms with E-state index in [1.807, 2.05) is 18.3 Å². The molecule has 2 aromatic heterocycles. The third kappa shape index (κ3) is 6.12. The first kappa shape index (κ1) is 28.7. The van der Waals surface area contributed by atoms with Crippen molar-refractivity contribution in [3.8, 4) is 5.75 Å². The average molecular weight is 556 g/mol. The molecule has 0 aliphatic carbocycles. The lowest BCUT2D eigenvalue weighted by Gasteiger charge is -2.38. The van der Waals surface area contributed by atoms with Gasteiger partial charge in [0.1, 0.15) is 11.6 Å². The van der Waals surface area contributed by atoms with Gasteiger partial charge in [0.2, 0.25) is 5.91 Å². The molecule has 5 rings (SSSR count). The molecule has 0 spiro atoms. The number of fused-ring (bicyclic) bond motifs is 2. The number of nitrogens with one attached hydrogen (secondary N) is 2. The summed E-state index contributed by atoms with van der Waals surface area (Å²) >= 11 is 0. The standard InChI is InChI=1S/C21H21F4NO2.C9H8N2O/c1-19(2,16-10-14(22)7-8-18(16)27)12-20(28,21(23,24)25)11-15-9-13-5-3-4-6-17(13)26-15;10-9(12)7-2-1-6-3-4-11-8(6)5-7/h3-10,26-28H,11-12H2,1-2H3;1-5,11H,(H2,10,12). The van der Waals surface area contributed by atoms with Crippen molar-refractivity contribution in [3.05, 3.63) is 102 Å². The van der Waals surface area contributed by atoms with Crippen LogP contribution in [0.15, 0.2) is 79.0 Å². The molecule has 5 aromatic rings. The zero-order valence-corrected chi connectivity index (χ0v) is 21.8. The number of hydrogen-bond donors (Lipinski definition) is 5. The lowest BCUT2D eigenvalue weighted by Crippen LogP contribution is -2.50. The zero-order chi connectivity index (χ0) is 29.3. The first-order chi connectivity index (χ1) is 18.7. The molecule has 6 N–H and O–H groups in total. The number of nitrogens with two attached hydrogens (primary N) is 1. The van der Waals surface area contributed by atoms with Gasteiger partial charge in [-0.15, -0.1) is 0 Å². The maximum absolute atomic E-state index is 13.9. The van der Waals surface area contributed by atoms with E-state index in [9.17, 15) is 32.6 Å². The van der Waals surface area contributed by atoms with Crippen LogP contribution in [0.5, 0.6) is 5.75 Å². The number of amides is 1. The molecule has 3 aromatic carbocycles. The van der Waals surface area contributed by atoms with Crippen LogP contribution in [-0.4, -0.2) is 37.9 Å². The number of carbonyl (C=O) groups is 1. The molecule has 40 heavy (non-hydrogen) atoms. The van der Waals surface area contributed by atoms with E-state index in [1.165, 1.54) is 13.8 Å². The number of primary amides is 1. The summed E-state index contributed by atoms with van der Waals surface area (Å²) in [6.45, 7) is 2.87. The van der Waals surface area contributed by atoms with Crippen LogP contribution in [0, 0.1) is 5.82 Å². The van der Waals surface area contributed by atoms with Gasteiger partial charge in [0.15, 0.2) is 5.60 Å². The number of carbonyl (C=O) groups excluding carboxylic acids is 1. The lowest BCUT2D eigenvalue weighted by atomic mass is 9.73. The fourth-order valence-electron chi connectivity index (χ4n) is 4.88. The summed E-state index contributed by atoms with van der Waals surface area (Å²) in [7, 11) is 0. The summed E-state index contributed by atoms with van der Waals surface area (Å²) in [6.07, 6.45) is -4.54. The van der Waals surface area contributed by atoms with E-state index in [1.54, 1.807) is 42.5 Å². The number of para-hydroxylation sites is 1. The fraction of sp³-hybridized carbons (Fsp3) is 0.233. The van der Waals surface area contributed by atoms with Gasteiger partial charge in [-0.25, -0.2) is 4.39 Å². The number of phenols is 1. The lowest BCUT2D eigenvalue weighted by molar-refractivity contribution is -0.266. The summed E-state index contributed by atoms with van der Waals surface area (Å²) in [4.78, 5) is 16.7. The van der Waals surface area contributed by atoms with E-state index >= 15 is 0 Å². The highest BCUT2D eigenvalue weighted by Gasteiger charge is 2.56. The van der Waals surface area contributed by atoms with Crippen LogP contribution in [0.3, 0.4) is 0 Å². The molecule has 10 heteroatoms. The number of halogens is 4. The van der Waals surface area contributed by atoms with Gasteiger partial charge in [-0.3, -0.25) is 4.79 Å². The largest absolute Gasteiger partial charge is 0.508 e. The van der Waals surface area contributed by atoms with E-state index in [-0.39, 0.29) is 17.0 Å². The van der Waals surface area contributed by atoms with Crippen molar-refractivity contribution < 1.29 is 32.6 Å². The van der Waals surface area contributed by atoms with Crippen molar-refractivity contribution in [2.24, 2.45) is 5.73 Å². The predicted molar refractivity (Wildman–Crippen MR) is 146 cm³/mol. The van der Waals surface area contributed by atoms with Gasteiger partial charge in [0.25, 0.3) is 0 Å². The number of benzene rings is 3. The van der Waals surface area contributed by atoms with Gasteiger partial charge < -0.3 is 25.9 Å². The van der Waals surface area contributed by atoms with Crippen molar-refractivity contribution in [2.75, 3.05) is 0 Å². The number of aromatic hydroxyl groups is 1. The summed E-state index contributed by atoms with van der Waals surface area (Å²) in [6, 6.07) is 19.0. The van der Waals surface area contributed by atoms with E-state index < -0.39 is 41.8 Å². The van der Waals surface area contributed by atoms with Gasteiger partial charge >= 0.3 is 6.18 Å². The number of aromatic nitrogens is 2. The maximum atomic E-state index is 13.9. The Balaban J connectivity index is 0.000000255. The average Bonchev–Trinajstić information content (AvgIpc) is 3.50. The van der Waals surface area contributed by atoms with Crippen molar-refractivity contribution in [1.29, 1.82) is 0 Å². The van der Waals surface area contributed by atoms with Gasteiger partial charge in [-0.2, -0.15) is 13.2 Å². The van der Waals surface area contributed by atoms with E-state index in [0.717, 1.165) is 34.5 Å². The number of aliphatic hydroxyl groups is 1. The number of hydrogen-bond acceptors (Lipinski definition) is 3. The number of aromatic amines is 2. The summed E-state index contributed by atoms with van der Waals surface area (Å²) in [5.41, 5.74) is 3.08. The topological polar surface area (TPSA) is 115 Å². The molecule has 1 atom stereocenters. The molecule has 0 saturated heterocycles. The van der Waals surface area contributed by atoms with Crippen LogP contribution >= 0.6 is 0 Å². The smallest absolute Gasteiger partial charge is 0.417 e. The summed E-state index contributed by atoms with van der Waals surface area (Å²) in [5, 5.41) is 22.5. The van der Waals surface area contributed by atoms with E-state index in [2.05, 4.69) is 9.97 Å². The van der Waals surface area contributed by atoms with Crippen molar-refractivity contribution >= 4 is 27.7 Å². The van der Waals surface area contributed by atoms with Crippen molar-refractivity contribution in [2.45, 2.75) is 43.9 Å². The molecule has 2 heterocycles. The van der Waals surface area contributed by atoms with Crippen LogP contribution in [0.2, 0.25) is 0 Å². The molecule has 0 fully saturated rings. The molecule has 0 bridgehead atoms. The third-order valence-electron chi connectivity index (χ3n) is 6.86. The molecule has 0 radical (unpaired) electrons. The highest BCUT2D eigenvalue weighted by Crippen LogP contribution is 2.45. The Morgan fingerprint density at radius 3 is 2.33 bits per heavy atom. The van der Waals surface area contributed by atoms with Crippen LogP contribution in [0.1, 0.15) is 41.9 Å². The maximum Gasteiger partial charge on any atom is 0.417 e. The third-order valence-corrected chi connectivity index (χ3v) is 6.86. The SMILES string of the molecule is CC(C)(CC(O)(Cc1cc2ccccc2[nH]1)C(F)(F)F)c1cc(F)ccc1O.NC(=O)c1ccc2cc[nH]c2c1. The van der Waals surface area contributed by atoms with Crippen LogP contribution in [0.25, 0.3) is 21.8 Å².